The minimum Gasteiger partial charge on any atom is -0.488 e. The molecule has 0 fully saturated rings. The van der Waals surface area contributed by atoms with Crippen LogP contribution in [0.5, 0.6) is 5.75 Å². The van der Waals surface area contributed by atoms with Gasteiger partial charge in [-0.2, -0.15) is 0 Å². The molecule has 0 saturated carbocycles. The Morgan fingerprint density at radius 1 is 0.744 bits per heavy atom. The van der Waals surface area contributed by atoms with Gasteiger partial charge in [0.2, 0.25) is 11.8 Å². The summed E-state index contributed by atoms with van der Waals surface area (Å²) >= 11 is 0. The van der Waals surface area contributed by atoms with Crippen LogP contribution in [-0.2, 0) is 36.9 Å². The molecular weight excluding hydrogens is 502 g/mol. The molecule has 0 aliphatic carbocycles. The van der Waals surface area contributed by atoms with Gasteiger partial charge in [-0.1, -0.05) is 42.5 Å². The van der Waals surface area contributed by atoms with Crippen LogP contribution in [0.15, 0.2) is 54.6 Å². The standard InChI is InChI=1S/C29H39N3O7/c1-28(2,3)38-22-14-12-20(13-15-22)16-23(26(35)39-29(4,5)6)32-25(34)18-30-24(33)17-31-27(36)37-19-21-10-8-7-9-11-21/h7-15,23H,16-19H2,1-6H3,(H,30,33)(H,31,36)(H,32,34)/t23-/m1/s1. The van der Waals surface area contributed by atoms with Crippen LogP contribution in [-0.4, -0.2) is 54.2 Å². The monoisotopic (exact) mass is 541 g/mol. The summed E-state index contributed by atoms with van der Waals surface area (Å²) in [6, 6.07) is 15.3. The van der Waals surface area contributed by atoms with Crippen LogP contribution >= 0.6 is 0 Å². The SMILES string of the molecule is CC(C)(C)OC(=O)[C@@H](Cc1ccc(OC(C)(C)C)cc1)NC(=O)CNC(=O)CNC(=O)OCc1ccccc1. The van der Waals surface area contributed by atoms with Gasteiger partial charge in [0, 0.05) is 6.42 Å². The fourth-order valence-electron chi connectivity index (χ4n) is 3.26. The average Bonchev–Trinajstić information content (AvgIpc) is 2.84. The highest BCUT2D eigenvalue weighted by Gasteiger charge is 2.27. The zero-order valence-corrected chi connectivity index (χ0v) is 23.5. The summed E-state index contributed by atoms with van der Waals surface area (Å²) in [7, 11) is 0. The van der Waals surface area contributed by atoms with Gasteiger partial charge in [-0.05, 0) is 64.8 Å². The van der Waals surface area contributed by atoms with Gasteiger partial charge in [-0.15, -0.1) is 0 Å². The van der Waals surface area contributed by atoms with Crippen molar-refractivity contribution in [3.8, 4) is 5.75 Å². The van der Waals surface area contributed by atoms with Crippen molar-refractivity contribution in [2.24, 2.45) is 0 Å². The first kappa shape index (κ1) is 31.1. The molecule has 212 valence electrons. The summed E-state index contributed by atoms with van der Waals surface area (Å²) in [6.07, 6.45) is -0.582. The zero-order valence-electron chi connectivity index (χ0n) is 23.5. The smallest absolute Gasteiger partial charge is 0.407 e. The number of nitrogens with one attached hydrogen (secondary N) is 3. The molecule has 0 radical (unpaired) electrons. The Morgan fingerprint density at radius 2 is 1.36 bits per heavy atom. The molecule has 0 unspecified atom stereocenters. The number of rotatable bonds is 11. The molecule has 0 aliphatic heterocycles. The normalized spacial score (nSPS) is 12.1. The van der Waals surface area contributed by atoms with Gasteiger partial charge >= 0.3 is 12.1 Å². The van der Waals surface area contributed by atoms with Gasteiger partial charge in [0.05, 0.1) is 6.54 Å². The number of benzene rings is 2. The highest BCUT2D eigenvalue weighted by molar-refractivity contribution is 5.89. The number of esters is 1. The second kappa shape index (κ2) is 14.2. The van der Waals surface area contributed by atoms with Crippen molar-refractivity contribution in [2.45, 2.75) is 71.8 Å². The van der Waals surface area contributed by atoms with Crippen LogP contribution in [0.1, 0.15) is 52.7 Å². The molecule has 0 heterocycles. The van der Waals surface area contributed by atoms with Crippen LogP contribution in [0.2, 0.25) is 0 Å². The molecule has 3 N–H and O–H groups in total. The molecule has 0 saturated heterocycles. The summed E-state index contributed by atoms with van der Waals surface area (Å²) in [5.41, 5.74) is 0.494. The summed E-state index contributed by atoms with van der Waals surface area (Å²) in [5.74, 6) is -1.09. The van der Waals surface area contributed by atoms with E-state index in [0.29, 0.717) is 5.75 Å². The van der Waals surface area contributed by atoms with E-state index in [1.165, 1.54) is 0 Å². The maximum atomic E-state index is 12.8. The lowest BCUT2D eigenvalue weighted by Gasteiger charge is -2.25. The predicted octanol–water partition coefficient (Wildman–Crippen LogP) is 3.28. The lowest BCUT2D eigenvalue weighted by molar-refractivity contribution is -0.158. The Morgan fingerprint density at radius 3 is 1.95 bits per heavy atom. The van der Waals surface area contributed by atoms with Crippen LogP contribution in [0.3, 0.4) is 0 Å². The van der Waals surface area contributed by atoms with E-state index in [0.717, 1.165) is 11.1 Å². The largest absolute Gasteiger partial charge is 0.488 e. The highest BCUT2D eigenvalue weighted by atomic mass is 16.6. The molecule has 0 aliphatic rings. The van der Waals surface area contributed by atoms with Gasteiger partial charge < -0.3 is 30.2 Å². The fourth-order valence-corrected chi connectivity index (χ4v) is 3.26. The molecule has 2 aromatic rings. The average molecular weight is 542 g/mol. The van der Waals surface area contributed by atoms with Crippen molar-refractivity contribution >= 4 is 23.9 Å². The Hall–Kier alpha value is -4.08. The second-order valence-corrected chi connectivity index (χ2v) is 10.9. The van der Waals surface area contributed by atoms with E-state index in [-0.39, 0.29) is 25.2 Å². The Balaban J connectivity index is 1.87. The van der Waals surface area contributed by atoms with Gasteiger partial charge in [-0.3, -0.25) is 9.59 Å². The minimum absolute atomic E-state index is 0.0646. The van der Waals surface area contributed by atoms with E-state index < -0.39 is 42.1 Å². The Labute approximate surface area is 229 Å². The summed E-state index contributed by atoms with van der Waals surface area (Å²) < 4.78 is 16.3. The molecule has 10 nitrogen and oxygen atoms in total. The van der Waals surface area contributed by atoms with E-state index in [2.05, 4.69) is 16.0 Å². The van der Waals surface area contributed by atoms with Crippen LogP contribution in [0.25, 0.3) is 0 Å². The molecule has 2 rings (SSSR count). The van der Waals surface area contributed by atoms with Crippen molar-refractivity contribution in [2.75, 3.05) is 13.1 Å². The molecule has 1 atom stereocenters. The van der Waals surface area contributed by atoms with Gasteiger partial charge in [-0.25, -0.2) is 9.59 Å². The van der Waals surface area contributed by atoms with Crippen molar-refractivity contribution in [1.29, 1.82) is 0 Å². The van der Waals surface area contributed by atoms with Gasteiger partial charge in [0.15, 0.2) is 0 Å². The molecule has 10 heteroatoms. The van der Waals surface area contributed by atoms with Crippen LogP contribution in [0.4, 0.5) is 4.79 Å². The maximum absolute atomic E-state index is 12.8. The summed E-state index contributed by atoms with van der Waals surface area (Å²) in [4.78, 5) is 49.3. The molecule has 39 heavy (non-hydrogen) atoms. The topological polar surface area (TPSA) is 132 Å². The number of hydrogen-bond acceptors (Lipinski definition) is 7. The highest BCUT2D eigenvalue weighted by Crippen LogP contribution is 2.19. The number of ether oxygens (including phenoxy) is 3. The van der Waals surface area contributed by atoms with E-state index in [9.17, 15) is 19.2 Å². The first-order chi connectivity index (χ1) is 18.2. The molecule has 0 spiro atoms. The third-order valence-corrected chi connectivity index (χ3v) is 4.87. The number of amides is 3. The number of carbonyl (C=O) groups excluding carboxylic acids is 4. The third kappa shape index (κ3) is 13.3. The molecule has 0 aromatic heterocycles. The Kier molecular flexibility index (Phi) is 11.3. The van der Waals surface area contributed by atoms with Gasteiger partial charge in [0.1, 0.15) is 36.1 Å². The Bertz CT molecular complexity index is 1100. The van der Waals surface area contributed by atoms with E-state index >= 15 is 0 Å². The predicted molar refractivity (Wildman–Crippen MR) is 146 cm³/mol. The van der Waals surface area contributed by atoms with E-state index in [1.54, 1.807) is 45.0 Å². The lowest BCUT2D eigenvalue weighted by atomic mass is 10.0. The third-order valence-electron chi connectivity index (χ3n) is 4.87. The number of alkyl carbamates (subject to hydrolysis) is 1. The van der Waals surface area contributed by atoms with Gasteiger partial charge in [0.25, 0.3) is 0 Å². The fraction of sp³-hybridized carbons (Fsp3) is 0.448. The van der Waals surface area contributed by atoms with Crippen molar-refractivity contribution < 1.29 is 33.4 Å². The van der Waals surface area contributed by atoms with E-state index in [4.69, 9.17) is 14.2 Å². The molecule has 2 aromatic carbocycles. The van der Waals surface area contributed by atoms with Crippen LogP contribution < -0.4 is 20.7 Å². The summed E-state index contributed by atoms with van der Waals surface area (Å²) in [5, 5.41) is 7.36. The number of carbonyl (C=O) groups is 4. The minimum atomic E-state index is -0.978. The first-order valence-corrected chi connectivity index (χ1v) is 12.7. The zero-order chi connectivity index (χ0) is 29.1. The van der Waals surface area contributed by atoms with E-state index in [1.807, 2.05) is 51.1 Å². The summed E-state index contributed by atoms with van der Waals surface area (Å²) in [6.45, 7) is 10.3. The quantitative estimate of drug-likeness (QED) is 0.372. The van der Waals surface area contributed by atoms with Crippen LogP contribution in [0, 0.1) is 0 Å². The van der Waals surface area contributed by atoms with Crippen molar-refractivity contribution in [3.05, 3.63) is 65.7 Å². The maximum Gasteiger partial charge on any atom is 0.407 e. The molecule has 0 bridgehead atoms. The number of hydrogen-bond donors (Lipinski definition) is 3. The van der Waals surface area contributed by atoms with Crippen molar-refractivity contribution in [3.63, 3.8) is 0 Å². The molecule has 3 amide bonds. The second-order valence-electron chi connectivity index (χ2n) is 10.9. The lowest BCUT2D eigenvalue weighted by Crippen LogP contribution is -2.49. The van der Waals surface area contributed by atoms with Crippen molar-refractivity contribution in [1.82, 2.24) is 16.0 Å². The molecular formula is C29H39N3O7. The first-order valence-electron chi connectivity index (χ1n) is 12.7.